The van der Waals surface area contributed by atoms with Crippen molar-refractivity contribution >= 4 is 21.4 Å². The van der Waals surface area contributed by atoms with Crippen molar-refractivity contribution in [1.82, 2.24) is 0 Å². The average molecular weight is 374 g/mol. The molecule has 0 spiro atoms. The molecular formula is C16H17F3N2O3S. The molecule has 0 aliphatic rings. The van der Waals surface area contributed by atoms with Crippen LogP contribution in [0.3, 0.4) is 0 Å². The second-order valence-electron chi connectivity index (χ2n) is 5.11. The quantitative estimate of drug-likeness (QED) is 0.787. The smallest absolute Gasteiger partial charge is 0.422 e. The van der Waals surface area contributed by atoms with Crippen molar-refractivity contribution < 1.29 is 26.3 Å². The minimum Gasteiger partial charge on any atom is -0.482 e. The van der Waals surface area contributed by atoms with Gasteiger partial charge in [-0.05, 0) is 37.3 Å². The maximum atomic E-state index is 12.8. The number of rotatable bonds is 6. The zero-order valence-corrected chi connectivity index (χ0v) is 14.1. The third-order valence-corrected chi connectivity index (χ3v) is 5.19. The molecule has 0 atom stereocenters. The summed E-state index contributed by atoms with van der Waals surface area (Å²) in [5, 5.41) is 0. The second kappa shape index (κ2) is 7.22. The third kappa shape index (κ3) is 4.56. The number of nitrogen functional groups attached to an aromatic ring is 1. The lowest BCUT2D eigenvalue weighted by Gasteiger charge is -2.23. The zero-order chi connectivity index (χ0) is 18.7. The van der Waals surface area contributed by atoms with Crippen LogP contribution in [0.5, 0.6) is 5.75 Å². The van der Waals surface area contributed by atoms with E-state index in [1.807, 2.05) is 0 Å². The maximum absolute atomic E-state index is 12.8. The van der Waals surface area contributed by atoms with Gasteiger partial charge < -0.3 is 10.5 Å². The number of para-hydroxylation sites is 1. The molecule has 25 heavy (non-hydrogen) atoms. The Kier molecular flexibility index (Phi) is 5.46. The minimum absolute atomic E-state index is 0.130. The number of nitrogens with two attached hydrogens (primary N) is 1. The second-order valence-corrected chi connectivity index (χ2v) is 6.97. The van der Waals surface area contributed by atoms with Gasteiger partial charge in [0.05, 0.1) is 16.3 Å². The van der Waals surface area contributed by atoms with E-state index in [1.54, 1.807) is 37.3 Å². The number of hydrogen-bond donors (Lipinski definition) is 1. The van der Waals surface area contributed by atoms with Crippen LogP contribution >= 0.6 is 0 Å². The molecule has 2 aromatic carbocycles. The van der Waals surface area contributed by atoms with Crippen LogP contribution in [0.4, 0.5) is 24.5 Å². The van der Waals surface area contributed by atoms with E-state index in [-0.39, 0.29) is 22.9 Å². The summed E-state index contributed by atoms with van der Waals surface area (Å²) in [7, 11) is -3.91. The predicted molar refractivity (Wildman–Crippen MR) is 89.1 cm³/mol. The van der Waals surface area contributed by atoms with Gasteiger partial charge in [-0.1, -0.05) is 18.2 Å². The van der Waals surface area contributed by atoms with Gasteiger partial charge in [-0.25, -0.2) is 8.42 Å². The normalized spacial score (nSPS) is 12.0. The van der Waals surface area contributed by atoms with E-state index in [4.69, 9.17) is 5.73 Å². The molecule has 0 unspecified atom stereocenters. The minimum atomic E-state index is -4.51. The monoisotopic (exact) mass is 374 g/mol. The van der Waals surface area contributed by atoms with Gasteiger partial charge in [-0.3, -0.25) is 4.31 Å². The van der Waals surface area contributed by atoms with Gasteiger partial charge in [-0.15, -0.1) is 0 Å². The van der Waals surface area contributed by atoms with E-state index in [0.29, 0.717) is 5.69 Å². The van der Waals surface area contributed by atoms with Crippen LogP contribution in [0.1, 0.15) is 6.92 Å². The number of halogens is 3. The van der Waals surface area contributed by atoms with E-state index >= 15 is 0 Å². The van der Waals surface area contributed by atoms with Crippen molar-refractivity contribution in [2.45, 2.75) is 18.0 Å². The molecule has 2 aromatic rings. The highest BCUT2D eigenvalue weighted by Crippen LogP contribution is 2.30. The average Bonchev–Trinajstić information content (AvgIpc) is 2.54. The van der Waals surface area contributed by atoms with E-state index in [9.17, 15) is 21.6 Å². The predicted octanol–water partition coefficient (Wildman–Crippen LogP) is 3.43. The van der Waals surface area contributed by atoms with Crippen LogP contribution in [-0.4, -0.2) is 27.7 Å². The van der Waals surface area contributed by atoms with Gasteiger partial charge in [0.2, 0.25) is 0 Å². The Morgan fingerprint density at radius 1 is 1.12 bits per heavy atom. The van der Waals surface area contributed by atoms with Crippen molar-refractivity contribution in [2.24, 2.45) is 0 Å². The molecule has 0 amide bonds. The van der Waals surface area contributed by atoms with Crippen LogP contribution in [0.15, 0.2) is 53.4 Å². The fourth-order valence-electron chi connectivity index (χ4n) is 2.19. The molecule has 0 saturated carbocycles. The van der Waals surface area contributed by atoms with E-state index in [2.05, 4.69) is 4.74 Å². The molecule has 0 bridgehead atoms. The van der Waals surface area contributed by atoms with Crippen LogP contribution in [0, 0.1) is 0 Å². The molecule has 0 aliphatic carbocycles. The number of nitrogens with zero attached hydrogens (tertiary/aromatic N) is 1. The summed E-state index contributed by atoms with van der Waals surface area (Å²) in [5.41, 5.74) is 5.94. The summed E-state index contributed by atoms with van der Waals surface area (Å²) < 4.78 is 68.0. The van der Waals surface area contributed by atoms with Gasteiger partial charge in [0, 0.05) is 6.54 Å². The first-order valence-electron chi connectivity index (χ1n) is 7.32. The van der Waals surface area contributed by atoms with Crippen LogP contribution in [0.25, 0.3) is 0 Å². The summed E-state index contributed by atoms with van der Waals surface area (Å²) in [6.45, 7) is 0.349. The van der Waals surface area contributed by atoms with E-state index in [1.165, 1.54) is 10.4 Å². The van der Waals surface area contributed by atoms with Crippen molar-refractivity contribution in [3.05, 3.63) is 48.5 Å². The Labute approximate surface area is 143 Å². The van der Waals surface area contributed by atoms with Gasteiger partial charge in [0.1, 0.15) is 5.75 Å². The molecule has 2 rings (SSSR count). The number of alkyl halides is 3. The Morgan fingerprint density at radius 3 is 2.28 bits per heavy atom. The maximum Gasteiger partial charge on any atom is 0.422 e. The lowest BCUT2D eigenvalue weighted by Crippen LogP contribution is -2.30. The Balaban J connectivity index is 2.32. The van der Waals surface area contributed by atoms with Crippen molar-refractivity contribution in [2.75, 3.05) is 23.2 Å². The number of hydrogen-bond acceptors (Lipinski definition) is 4. The van der Waals surface area contributed by atoms with Crippen molar-refractivity contribution in [3.63, 3.8) is 0 Å². The summed E-state index contributed by atoms with van der Waals surface area (Å²) >= 11 is 0. The number of anilines is 2. The highest BCUT2D eigenvalue weighted by atomic mass is 32.2. The summed E-state index contributed by atoms with van der Waals surface area (Å²) in [6.07, 6.45) is -4.51. The highest BCUT2D eigenvalue weighted by molar-refractivity contribution is 7.92. The number of ether oxygens (including phenoxy) is 1. The topological polar surface area (TPSA) is 72.6 Å². The van der Waals surface area contributed by atoms with E-state index in [0.717, 1.165) is 12.1 Å². The lowest BCUT2D eigenvalue weighted by molar-refractivity contribution is -0.153. The largest absolute Gasteiger partial charge is 0.482 e. The molecule has 0 heterocycles. The SMILES string of the molecule is CCN(c1ccccc1)S(=O)(=O)c1ccc(OCC(F)(F)F)c(N)c1. The summed E-state index contributed by atoms with van der Waals surface area (Å²) in [4.78, 5) is -0.130. The van der Waals surface area contributed by atoms with Crippen molar-refractivity contribution in [3.8, 4) is 5.75 Å². The molecule has 9 heteroatoms. The van der Waals surface area contributed by atoms with Crippen LogP contribution < -0.4 is 14.8 Å². The molecule has 0 radical (unpaired) electrons. The van der Waals surface area contributed by atoms with Gasteiger partial charge in [-0.2, -0.15) is 13.2 Å². The first-order chi connectivity index (χ1) is 11.6. The molecular weight excluding hydrogens is 357 g/mol. The molecule has 2 N–H and O–H groups in total. The first kappa shape index (κ1) is 18.9. The number of sulfonamides is 1. The molecule has 0 saturated heterocycles. The molecule has 136 valence electrons. The Morgan fingerprint density at radius 2 is 1.76 bits per heavy atom. The zero-order valence-electron chi connectivity index (χ0n) is 13.3. The third-order valence-electron chi connectivity index (χ3n) is 3.29. The van der Waals surface area contributed by atoms with Crippen LogP contribution in [-0.2, 0) is 10.0 Å². The number of benzene rings is 2. The van der Waals surface area contributed by atoms with Gasteiger partial charge >= 0.3 is 6.18 Å². The van der Waals surface area contributed by atoms with Gasteiger partial charge in [0.15, 0.2) is 6.61 Å². The first-order valence-corrected chi connectivity index (χ1v) is 8.76. The molecule has 0 aromatic heterocycles. The van der Waals surface area contributed by atoms with Crippen molar-refractivity contribution in [1.29, 1.82) is 0 Å². The lowest BCUT2D eigenvalue weighted by atomic mass is 10.3. The molecule has 5 nitrogen and oxygen atoms in total. The summed E-state index contributed by atoms with van der Waals surface area (Å²) in [5.74, 6) is -0.223. The van der Waals surface area contributed by atoms with Crippen LogP contribution in [0.2, 0.25) is 0 Å². The van der Waals surface area contributed by atoms with E-state index < -0.39 is 22.8 Å². The summed E-state index contributed by atoms with van der Waals surface area (Å²) in [6, 6.07) is 11.8. The van der Waals surface area contributed by atoms with Gasteiger partial charge in [0.25, 0.3) is 10.0 Å². The Bertz CT molecular complexity index is 824. The Hall–Kier alpha value is -2.42. The fraction of sp³-hybridized carbons (Fsp3) is 0.250. The molecule has 0 fully saturated rings. The fourth-order valence-corrected chi connectivity index (χ4v) is 3.70. The highest BCUT2D eigenvalue weighted by Gasteiger charge is 2.29. The molecule has 0 aliphatic heterocycles. The standard InChI is InChI=1S/C16H17F3N2O3S/c1-2-21(12-6-4-3-5-7-12)25(22,23)13-8-9-15(14(20)10-13)24-11-16(17,18)19/h3-10H,2,11,20H2,1H3.